The van der Waals surface area contributed by atoms with E-state index in [4.69, 9.17) is 4.52 Å². The molecule has 0 radical (unpaired) electrons. The lowest BCUT2D eigenvalue weighted by molar-refractivity contribution is 0.195. The Labute approximate surface area is 131 Å². The fourth-order valence-corrected chi connectivity index (χ4v) is 3.69. The molecule has 8 heteroatoms. The number of carbonyl (C=O) groups is 1. The maximum Gasteiger partial charge on any atom is 0.324 e. The van der Waals surface area contributed by atoms with E-state index in [0.717, 1.165) is 29.3 Å². The van der Waals surface area contributed by atoms with Gasteiger partial charge in [-0.2, -0.15) is 0 Å². The molecule has 1 aliphatic carbocycles. The number of anilines is 1. The fourth-order valence-electron chi connectivity index (χ4n) is 2.79. The molecule has 2 amide bonds. The number of likely N-dealkylation sites (tertiary alicyclic amines) is 1. The van der Waals surface area contributed by atoms with E-state index in [-0.39, 0.29) is 12.1 Å². The first kappa shape index (κ1) is 13.7. The van der Waals surface area contributed by atoms with E-state index in [2.05, 4.69) is 20.7 Å². The number of aromatic nitrogens is 3. The fraction of sp³-hybridized carbons (Fsp3) is 0.571. The van der Waals surface area contributed by atoms with Crippen LogP contribution in [0.5, 0.6) is 0 Å². The second kappa shape index (κ2) is 5.35. The maximum absolute atomic E-state index is 12.5. The van der Waals surface area contributed by atoms with E-state index in [0.29, 0.717) is 17.6 Å². The lowest BCUT2D eigenvalue weighted by atomic mass is 10.1. The van der Waals surface area contributed by atoms with Crippen molar-refractivity contribution in [1.82, 2.24) is 20.3 Å². The summed E-state index contributed by atoms with van der Waals surface area (Å²) < 4.78 is 5.33. The van der Waals surface area contributed by atoms with Gasteiger partial charge in [-0.3, -0.25) is 5.32 Å². The Kier molecular flexibility index (Phi) is 3.33. The molecule has 0 spiro atoms. The summed E-state index contributed by atoms with van der Waals surface area (Å²) in [6.45, 7) is 2.59. The molecule has 7 nitrogen and oxygen atoms in total. The molecule has 0 bridgehead atoms. The summed E-state index contributed by atoms with van der Waals surface area (Å²) in [6.07, 6.45) is 4.22. The smallest absolute Gasteiger partial charge is 0.324 e. The van der Waals surface area contributed by atoms with Crippen LogP contribution in [-0.4, -0.2) is 32.8 Å². The molecule has 0 unspecified atom stereocenters. The summed E-state index contributed by atoms with van der Waals surface area (Å²) in [4.78, 5) is 14.3. The Morgan fingerprint density at radius 2 is 2.27 bits per heavy atom. The number of hydrogen-bond donors (Lipinski definition) is 1. The molecule has 1 saturated carbocycles. The lowest BCUT2D eigenvalue weighted by Gasteiger charge is -2.22. The van der Waals surface area contributed by atoms with Crippen molar-refractivity contribution in [3.05, 3.63) is 22.5 Å². The highest BCUT2D eigenvalue weighted by Crippen LogP contribution is 2.42. The minimum Gasteiger partial charge on any atom is -0.359 e. The molecule has 2 aliphatic rings. The first-order valence-corrected chi connectivity index (χ1v) is 8.36. The molecule has 1 N–H and O–H groups in total. The average Bonchev–Trinajstić information content (AvgIpc) is 2.92. The van der Waals surface area contributed by atoms with Crippen molar-refractivity contribution >= 4 is 22.5 Å². The van der Waals surface area contributed by atoms with Crippen molar-refractivity contribution in [2.45, 2.75) is 44.6 Å². The van der Waals surface area contributed by atoms with E-state index in [9.17, 15) is 4.79 Å². The van der Waals surface area contributed by atoms with Gasteiger partial charge in [0.25, 0.3) is 0 Å². The van der Waals surface area contributed by atoms with E-state index in [1.165, 1.54) is 24.2 Å². The van der Waals surface area contributed by atoms with Gasteiger partial charge in [0, 0.05) is 18.5 Å². The van der Waals surface area contributed by atoms with Crippen LogP contribution in [0.2, 0.25) is 0 Å². The van der Waals surface area contributed by atoms with Crippen molar-refractivity contribution in [1.29, 1.82) is 0 Å². The quantitative estimate of drug-likeness (QED) is 0.940. The minimum atomic E-state index is -0.143. The lowest BCUT2D eigenvalue weighted by Crippen LogP contribution is -2.34. The molecule has 1 atom stereocenters. The van der Waals surface area contributed by atoms with Gasteiger partial charge in [0.2, 0.25) is 5.13 Å². The molecule has 0 aromatic carbocycles. The Bertz CT molecular complexity index is 693. The molecule has 2 aromatic heterocycles. The van der Waals surface area contributed by atoms with Gasteiger partial charge in [-0.15, -0.1) is 10.2 Å². The molecule has 4 rings (SSSR count). The maximum atomic E-state index is 12.5. The van der Waals surface area contributed by atoms with Gasteiger partial charge in [0.05, 0.1) is 11.7 Å². The molecule has 116 valence electrons. The Morgan fingerprint density at radius 3 is 3.00 bits per heavy atom. The van der Waals surface area contributed by atoms with Crippen LogP contribution in [-0.2, 0) is 0 Å². The van der Waals surface area contributed by atoms with E-state index in [1.54, 1.807) is 4.90 Å². The van der Waals surface area contributed by atoms with Gasteiger partial charge < -0.3 is 9.42 Å². The molecule has 22 heavy (non-hydrogen) atoms. The molecule has 1 saturated heterocycles. The van der Waals surface area contributed by atoms with Crippen molar-refractivity contribution in [2.24, 2.45) is 0 Å². The molecule has 2 fully saturated rings. The van der Waals surface area contributed by atoms with Crippen LogP contribution in [0.4, 0.5) is 9.93 Å². The summed E-state index contributed by atoms with van der Waals surface area (Å²) in [5.74, 6) is 1.31. The summed E-state index contributed by atoms with van der Waals surface area (Å²) in [5, 5.41) is 16.6. The van der Waals surface area contributed by atoms with Gasteiger partial charge in [-0.05, 0) is 32.6 Å². The number of urea groups is 1. The monoisotopic (exact) mass is 319 g/mol. The number of nitrogens with one attached hydrogen (secondary N) is 1. The standard InChI is InChI=1S/C14H17N5O2S/c1-8-7-11(21-18-8)10-3-2-6-19(10)14(20)15-13-17-16-12(22-13)9-4-5-9/h7,9-10H,2-6H2,1H3,(H,15,17,20)/t10-/m1/s1. The zero-order valence-corrected chi connectivity index (χ0v) is 13.1. The Morgan fingerprint density at radius 1 is 1.41 bits per heavy atom. The average molecular weight is 319 g/mol. The highest BCUT2D eigenvalue weighted by Gasteiger charge is 2.33. The summed E-state index contributed by atoms with van der Waals surface area (Å²) >= 11 is 1.48. The Hall–Kier alpha value is -1.96. The van der Waals surface area contributed by atoms with Crippen LogP contribution < -0.4 is 5.32 Å². The highest BCUT2D eigenvalue weighted by molar-refractivity contribution is 7.15. The topological polar surface area (TPSA) is 84.2 Å². The van der Waals surface area contributed by atoms with E-state index in [1.807, 2.05) is 13.0 Å². The van der Waals surface area contributed by atoms with Crippen molar-refractivity contribution in [2.75, 3.05) is 11.9 Å². The third-order valence-electron chi connectivity index (χ3n) is 4.07. The number of carbonyl (C=O) groups excluding carboxylic acids is 1. The second-order valence-corrected chi connectivity index (χ2v) is 6.88. The highest BCUT2D eigenvalue weighted by atomic mass is 32.1. The first-order valence-electron chi connectivity index (χ1n) is 7.55. The van der Waals surface area contributed by atoms with E-state index >= 15 is 0 Å². The van der Waals surface area contributed by atoms with E-state index < -0.39 is 0 Å². The zero-order valence-electron chi connectivity index (χ0n) is 12.3. The predicted molar refractivity (Wildman–Crippen MR) is 80.8 cm³/mol. The van der Waals surface area contributed by atoms with Crippen LogP contribution in [0.1, 0.15) is 54.1 Å². The molecule has 3 heterocycles. The second-order valence-electron chi connectivity index (χ2n) is 5.87. The van der Waals surface area contributed by atoms with Gasteiger partial charge in [0.15, 0.2) is 5.76 Å². The van der Waals surface area contributed by atoms with Crippen molar-refractivity contribution in [3.8, 4) is 0 Å². The summed E-state index contributed by atoms with van der Waals surface area (Å²) in [5.41, 5.74) is 0.834. The minimum absolute atomic E-state index is 0.0444. The number of amides is 2. The van der Waals surface area contributed by atoms with Crippen molar-refractivity contribution < 1.29 is 9.32 Å². The first-order chi connectivity index (χ1) is 10.7. The van der Waals surface area contributed by atoms with Crippen molar-refractivity contribution in [3.63, 3.8) is 0 Å². The molecular formula is C14H17N5O2S. The van der Waals surface area contributed by atoms with Crippen LogP contribution in [0.15, 0.2) is 10.6 Å². The third-order valence-corrected chi connectivity index (χ3v) is 5.07. The normalized spacial score (nSPS) is 21.3. The van der Waals surface area contributed by atoms with Gasteiger partial charge in [-0.25, -0.2) is 4.79 Å². The summed E-state index contributed by atoms with van der Waals surface area (Å²) in [6, 6.07) is 1.71. The number of aryl methyl sites for hydroxylation is 1. The Balaban J connectivity index is 1.46. The number of hydrogen-bond acceptors (Lipinski definition) is 6. The third kappa shape index (κ3) is 2.58. The zero-order chi connectivity index (χ0) is 15.1. The molecule has 1 aliphatic heterocycles. The largest absolute Gasteiger partial charge is 0.359 e. The van der Waals surface area contributed by atoms with Gasteiger partial charge in [0.1, 0.15) is 5.01 Å². The van der Waals surface area contributed by atoms with Gasteiger partial charge in [-0.1, -0.05) is 16.5 Å². The van der Waals surface area contributed by atoms with Crippen LogP contribution in [0.25, 0.3) is 0 Å². The predicted octanol–water partition coefficient (Wildman–Crippen LogP) is 3.08. The molecular weight excluding hydrogens is 302 g/mol. The van der Waals surface area contributed by atoms with Crippen LogP contribution in [0.3, 0.4) is 0 Å². The molecule has 2 aromatic rings. The number of rotatable bonds is 3. The SMILES string of the molecule is Cc1cc([C@H]2CCCN2C(=O)Nc2nnc(C3CC3)s2)on1. The van der Waals surface area contributed by atoms with Gasteiger partial charge >= 0.3 is 6.03 Å². The van der Waals surface area contributed by atoms with Crippen LogP contribution >= 0.6 is 11.3 Å². The van der Waals surface area contributed by atoms with Crippen LogP contribution in [0, 0.1) is 6.92 Å². The number of nitrogens with zero attached hydrogens (tertiary/aromatic N) is 4. The summed E-state index contributed by atoms with van der Waals surface area (Å²) in [7, 11) is 0.